The number of aromatic nitrogens is 2. The van der Waals surface area contributed by atoms with Crippen LogP contribution in [-0.4, -0.2) is 43.6 Å². The van der Waals surface area contributed by atoms with Crippen molar-refractivity contribution in [3.63, 3.8) is 0 Å². The number of nitrogens with one attached hydrogen (secondary N) is 1. The molecule has 7 nitrogen and oxygen atoms in total. The molecule has 0 unspecified atom stereocenters. The number of methoxy groups -OCH3 is 1. The van der Waals surface area contributed by atoms with Crippen molar-refractivity contribution in [2.24, 2.45) is 0 Å². The molecule has 0 bridgehead atoms. The van der Waals surface area contributed by atoms with Gasteiger partial charge < -0.3 is 24.2 Å². The van der Waals surface area contributed by atoms with Crippen molar-refractivity contribution >= 4 is 17.4 Å². The van der Waals surface area contributed by atoms with Gasteiger partial charge in [0.05, 0.1) is 20.3 Å². The highest BCUT2D eigenvalue weighted by Gasteiger charge is 2.13. The standard InChI is InChI=1S/C19H20N4O3/c1-24-16-4-2-14(3-5-16)17-13-19(26-22-17)21-15-6-7-20-18(12-15)23-8-10-25-11-9-23/h2-7,12-13H,8-11H2,1H3,(H,20,21). The molecule has 3 heterocycles. The summed E-state index contributed by atoms with van der Waals surface area (Å²) in [7, 11) is 1.65. The maximum Gasteiger partial charge on any atom is 0.229 e. The number of anilines is 3. The Labute approximate surface area is 151 Å². The molecule has 1 aliphatic heterocycles. The number of benzene rings is 1. The Morgan fingerprint density at radius 1 is 1.08 bits per heavy atom. The van der Waals surface area contributed by atoms with Gasteiger partial charge >= 0.3 is 0 Å². The van der Waals surface area contributed by atoms with Gasteiger partial charge in [0.1, 0.15) is 17.3 Å². The van der Waals surface area contributed by atoms with Gasteiger partial charge in [-0.3, -0.25) is 0 Å². The zero-order valence-corrected chi connectivity index (χ0v) is 14.5. The third-order valence-corrected chi connectivity index (χ3v) is 4.24. The first-order chi connectivity index (χ1) is 12.8. The summed E-state index contributed by atoms with van der Waals surface area (Å²) < 4.78 is 16.0. The highest BCUT2D eigenvalue weighted by atomic mass is 16.5. The first-order valence-electron chi connectivity index (χ1n) is 8.49. The largest absolute Gasteiger partial charge is 0.497 e. The van der Waals surface area contributed by atoms with E-state index in [9.17, 15) is 0 Å². The van der Waals surface area contributed by atoms with E-state index in [-0.39, 0.29) is 0 Å². The minimum atomic E-state index is 0.579. The quantitative estimate of drug-likeness (QED) is 0.755. The number of hydrogen-bond acceptors (Lipinski definition) is 7. The number of morpholine rings is 1. The van der Waals surface area contributed by atoms with Crippen LogP contribution in [0.25, 0.3) is 11.3 Å². The summed E-state index contributed by atoms with van der Waals surface area (Å²) in [6.07, 6.45) is 1.79. The van der Waals surface area contributed by atoms with Crippen molar-refractivity contribution in [2.45, 2.75) is 0 Å². The average Bonchev–Trinajstić information content (AvgIpc) is 3.17. The van der Waals surface area contributed by atoms with E-state index in [0.717, 1.165) is 54.8 Å². The summed E-state index contributed by atoms with van der Waals surface area (Å²) >= 11 is 0. The normalized spacial score (nSPS) is 14.3. The Kier molecular flexibility index (Phi) is 4.70. The lowest BCUT2D eigenvalue weighted by Gasteiger charge is -2.27. The smallest absolute Gasteiger partial charge is 0.229 e. The van der Waals surface area contributed by atoms with Crippen LogP contribution in [0.5, 0.6) is 5.75 Å². The molecule has 3 aromatic rings. The van der Waals surface area contributed by atoms with Gasteiger partial charge in [0, 0.05) is 42.7 Å². The summed E-state index contributed by atoms with van der Waals surface area (Å²) in [5, 5.41) is 7.37. The molecule has 7 heteroatoms. The van der Waals surface area contributed by atoms with Gasteiger partial charge in [0.2, 0.25) is 5.88 Å². The highest BCUT2D eigenvalue weighted by molar-refractivity contribution is 5.66. The van der Waals surface area contributed by atoms with E-state index in [1.54, 1.807) is 13.3 Å². The number of nitrogens with zero attached hydrogens (tertiary/aromatic N) is 3. The summed E-state index contributed by atoms with van der Waals surface area (Å²) in [5.74, 6) is 2.31. The molecular weight excluding hydrogens is 332 g/mol. The van der Waals surface area contributed by atoms with Gasteiger partial charge in [-0.05, 0) is 30.3 Å². The third kappa shape index (κ3) is 3.62. The van der Waals surface area contributed by atoms with Crippen LogP contribution in [0.15, 0.2) is 53.2 Å². The van der Waals surface area contributed by atoms with Crippen LogP contribution in [0.3, 0.4) is 0 Å². The molecular formula is C19H20N4O3. The molecule has 0 aliphatic carbocycles. The number of rotatable bonds is 5. The van der Waals surface area contributed by atoms with E-state index >= 15 is 0 Å². The Morgan fingerprint density at radius 2 is 1.88 bits per heavy atom. The molecule has 26 heavy (non-hydrogen) atoms. The van der Waals surface area contributed by atoms with Crippen molar-refractivity contribution in [1.82, 2.24) is 10.1 Å². The molecule has 0 saturated carbocycles. The fraction of sp³-hybridized carbons (Fsp3) is 0.263. The van der Waals surface area contributed by atoms with Crippen molar-refractivity contribution in [2.75, 3.05) is 43.6 Å². The second-order valence-electron chi connectivity index (χ2n) is 5.93. The van der Waals surface area contributed by atoms with E-state index in [1.807, 2.05) is 42.5 Å². The monoisotopic (exact) mass is 352 g/mol. The maximum atomic E-state index is 5.42. The Balaban J connectivity index is 1.48. The summed E-state index contributed by atoms with van der Waals surface area (Å²) in [6, 6.07) is 13.5. The molecule has 0 radical (unpaired) electrons. The minimum Gasteiger partial charge on any atom is -0.497 e. The van der Waals surface area contributed by atoms with Crippen molar-refractivity contribution < 1.29 is 14.0 Å². The summed E-state index contributed by atoms with van der Waals surface area (Å²) in [4.78, 5) is 6.65. The zero-order valence-electron chi connectivity index (χ0n) is 14.5. The van der Waals surface area contributed by atoms with Gasteiger partial charge in [0.15, 0.2) is 0 Å². The lowest BCUT2D eigenvalue weighted by atomic mass is 10.1. The SMILES string of the molecule is COc1ccc(-c2cc(Nc3ccnc(N4CCOCC4)c3)on2)cc1. The fourth-order valence-corrected chi connectivity index (χ4v) is 2.84. The zero-order chi connectivity index (χ0) is 17.8. The Hall–Kier alpha value is -3.06. The molecule has 0 spiro atoms. The predicted molar refractivity (Wildman–Crippen MR) is 99.0 cm³/mol. The number of hydrogen-bond donors (Lipinski definition) is 1. The van der Waals surface area contributed by atoms with E-state index in [4.69, 9.17) is 14.0 Å². The van der Waals surface area contributed by atoms with Gasteiger partial charge in [-0.2, -0.15) is 0 Å². The van der Waals surface area contributed by atoms with Crippen LogP contribution < -0.4 is 15.0 Å². The number of ether oxygens (including phenoxy) is 2. The van der Waals surface area contributed by atoms with Crippen molar-refractivity contribution in [3.05, 3.63) is 48.7 Å². The highest BCUT2D eigenvalue weighted by Crippen LogP contribution is 2.26. The summed E-state index contributed by atoms with van der Waals surface area (Å²) in [6.45, 7) is 3.15. The van der Waals surface area contributed by atoms with E-state index in [1.165, 1.54) is 0 Å². The van der Waals surface area contributed by atoms with Crippen LogP contribution >= 0.6 is 0 Å². The van der Waals surface area contributed by atoms with E-state index in [2.05, 4.69) is 20.4 Å². The van der Waals surface area contributed by atoms with E-state index < -0.39 is 0 Å². The predicted octanol–water partition coefficient (Wildman–Crippen LogP) is 3.33. The first kappa shape index (κ1) is 16.4. The average molecular weight is 352 g/mol. The second kappa shape index (κ2) is 7.45. The maximum absolute atomic E-state index is 5.42. The van der Waals surface area contributed by atoms with Crippen LogP contribution in [-0.2, 0) is 4.74 Å². The second-order valence-corrected chi connectivity index (χ2v) is 5.93. The molecule has 0 atom stereocenters. The van der Waals surface area contributed by atoms with Crippen LogP contribution in [0.1, 0.15) is 0 Å². The van der Waals surface area contributed by atoms with Gasteiger partial charge in [0.25, 0.3) is 0 Å². The molecule has 0 amide bonds. The topological polar surface area (TPSA) is 72.7 Å². The Morgan fingerprint density at radius 3 is 2.65 bits per heavy atom. The van der Waals surface area contributed by atoms with Crippen LogP contribution in [0.2, 0.25) is 0 Å². The molecule has 1 fully saturated rings. The lowest BCUT2D eigenvalue weighted by molar-refractivity contribution is 0.122. The van der Waals surface area contributed by atoms with Gasteiger partial charge in [-0.15, -0.1) is 0 Å². The Bertz CT molecular complexity index is 857. The third-order valence-electron chi connectivity index (χ3n) is 4.24. The molecule has 1 aromatic carbocycles. The molecule has 1 saturated heterocycles. The van der Waals surface area contributed by atoms with Gasteiger partial charge in [-0.1, -0.05) is 5.16 Å². The molecule has 134 valence electrons. The lowest BCUT2D eigenvalue weighted by Crippen LogP contribution is -2.36. The molecule has 1 aliphatic rings. The first-order valence-corrected chi connectivity index (χ1v) is 8.49. The van der Waals surface area contributed by atoms with Gasteiger partial charge in [-0.25, -0.2) is 4.98 Å². The number of pyridine rings is 1. The van der Waals surface area contributed by atoms with Crippen LogP contribution in [0, 0.1) is 0 Å². The molecule has 1 N–H and O–H groups in total. The summed E-state index contributed by atoms with van der Waals surface area (Å²) in [5.41, 5.74) is 2.63. The van der Waals surface area contributed by atoms with Crippen molar-refractivity contribution in [1.29, 1.82) is 0 Å². The molecule has 4 rings (SSSR count). The molecule has 2 aromatic heterocycles. The minimum absolute atomic E-state index is 0.579. The van der Waals surface area contributed by atoms with Crippen LogP contribution in [0.4, 0.5) is 17.4 Å². The van der Waals surface area contributed by atoms with E-state index in [0.29, 0.717) is 5.88 Å². The van der Waals surface area contributed by atoms with Crippen molar-refractivity contribution in [3.8, 4) is 17.0 Å². The fourth-order valence-electron chi connectivity index (χ4n) is 2.84.